The number of anilines is 1. The van der Waals surface area contributed by atoms with Crippen molar-refractivity contribution in [1.29, 1.82) is 0 Å². The van der Waals surface area contributed by atoms with Crippen molar-refractivity contribution in [2.24, 2.45) is 0 Å². The third-order valence-corrected chi connectivity index (χ3v) is 4.76. The lowest BCUT2D eigenvalue weighted by Crippen LogP contribution is -2.27. The first-order chi connectivity index (χ1) is 15.0. The first-order valence-electron chi connectivity index (χ1n) is 9.78. The smallest absolute Gasteiger partial charge is 0.321 e. The molecule has 0 bridgehead atoms. The number of allylic oxidation sites excluding steroid dienone is 5. The zero-order valence-corrected chi connectivity index (χ0v) is 17.2. The minimum absolute atomic E-state index is 0.236. The number of hydrogen-bond donors (Lipinski definition) is 3. The monoisotopic (exact) mass is 414 g/mol. The second-order valence-electron chi connectivity index (χ2n) is 7.26. The van der Waals surface area contributed by atoms with Gasteiger partial charge in [0.2, 0.25) is 0 Å². The fraction of sp³-hybridized carbons (Fsp3) is 0.130. The van der Waals surface area contributed by atoms with Gasteiger partial charge in [-0.25, -0.2) is 4.79 Å². The number of aromatic nitrogens is 3. The van der Waals surface area contributed by atoms with E-state index in [-0.39, 0.29) is 11.9 Å². The van der Waals surface area contributed by atoms with E-state index >= 15 is 0 Å². The van der Waals surface area contributed by atoms with E-state index in [2.05, 4.69) is 25.8 Å². The number of carbonyl (C=O) groups is 2. The van der Waals surface area contributed by atoms with Gasteiger partial charge in [-0.3, -0.25) is 14.9 Å². The van der Waals surface area contributed by atoms with Crippen molar-refractivity contribution in [3.8, 4) is 11.1 Å². The zero-order chi connectivity index (χ0) is 21.8. The van der Waals surface area contributed by atoms with Gasteiger partial charge in [-0.1, -0.05) is 30.4 Å². The molecule has 0 atom stereocenters. The fourth-order valence-corrected chi connectivity index (χ4v) is 3.13. The molecule has 4 rings (SSSR count). The maximum absolute atomic E-state index is 12.8. The molecule has 8 nitrogen and oxygen atoms in total. The average molecular weight is 414 g/mol. The summed E-state index contributed by atoms with van der Waals surface area (Å²) in [4.78, 5) is 30.4. The third kappa shape index (κ3) is 4.53. The largest absolute Gasteiger partial charge is 0.331 e. The normalized spacial score (nSPS) is 12.9. The SMILES string of the molecule is CN(C)C(=O)Nc1cncc(-c2ccc3[nH]nc(C(=O)NC4=CCC=CC=C4)c3c2)c1. The standard InChI is InChI=1S/C23H22N6O2/c1-29(2)23(31)26-18-11-16(13-24-14-18)15-9-10-20-19(12-15)21(28-27-20)22(30)25-17-7-5-3-4-6-8-17/h3-5,7-14H,6H2,1-2H3,(H,25,30)(H,26,31)(H,27,28). The van der Waals surface area contributed by atoms with E-state index in [1.807, 2.05) is 54.6 Å². The first-order valence-corrected chi connectivity index (χ1v) is 9.78. The lowest BCUT2D eigenvalue weighted by atomic mass is 10.0. The number of H-pyrrole nitrogens is 1. The summed E-state index contributed by atoms with van der Waals surface area (Å²) in [6.45, 7) is 0. The number of pyridine rings is 1. The van der Waals surface area contributed by atoms with Gasteiger partial charge in [0.05, 0.1) is 17.4 Å². The van der Waals surface area contributed by atoms with Gasteiger partial charge in [0.1, 0.15) is 0 Å². The molecule has 0 aliphatic heterocycles. The van der Waals surface area contributed by atoms with Crippen molar-refractivity contribution in [1.82, 2.24) is 25.4 Å². The Morgan fingerprint density at radius 2 is 1.94 bits per heavy atom. The van der Waals surface area contributed by atoms with Crippen molar-refractivity contribution >= 4 is 28.5 Å². The fourth-order valence-electron chi connectivity index (χ4n) is 3.13. The highest BCUT2D eigenvalue weighted by molar-refractivity contribution is 6.06. The van der Waals surface area contributed by atoms with Crippen molar-refractivity contribution < 1.29 is 9.59 Å². The van der Waals surface area contributed by atoms with Crippen LogP contribution < -0.4 is 10.6 Å². The molecule has 3 aromatic rings. The number of rotatable bonds is 4. The van der Waals surface area contributed by atoms with Gasteiger partial charge in [-0.05, 0) is 36.3 Å². The van der Waals surface area contributed by atoms with Gasteiger partial charge in [0.25, 0.3) is 5.91 Å². The molecule has 31 heavy (non-hydrogen) atoms. The topological polar surface area (TPSA) is 103 Å². The van der Waals surface area contributed by atoms with Crippen LogP contribution >= 0.6 is 0 Å². The Morgan fingerprint density at radius 3 is 2.77 bits per heavy atom. The van der Waals surface area contributed by atoms with Crippen molar-refractivity contribution in [2.45, 2.75) is 6.42 Å². The molecule has 0 saturated heterocycles. The van der Waals surface area contributed by atoms with Gasteiger partial charge in [0, 0.05) is 36.9 Å². The number of hydrogen-bond acceptors (Lipinski definition) is 4. The molecule has 1 aliphatic carbocycles. The van der Waals surface area contributed by atoms with Crippen LogP contribution in [0.2, 0.25) is 0 Å². The molecule has 2 aromatic heterocycles. The van der Waals surface area contributed by atoms with E-state index in [1.54, 1.807) is 26.5 Å². The zero-order valence-electron chi connectivity index (χ0n) is 17.2. The molecule has 0 saturated carbocycles. The molecule has 1 aliphatic rings. The second-order valence-corrected chi connectivity index (χ2v) is 7.26. The van der Waals surface area contributed by atoms with Crippen molar-refractivity contribution in [2.75, 3.05) is 19.4 Å². The molecule has 8 heteroatoms. The highest BCUT2D eigenvalue weighted by atomic mass is 16.2. The summed E-state index contributed by atoms with van der Waals surface area (Å²) in [5.74, 6) is -0.286. The van der Waals surface area contributed by atoms with Gasteiger partial charge in [-0.15, -0.1) is 0 Å². The van der Waals surface area contributed by atoms with E-state index in [0.29, 0.717) is 16.8 Å². The Balaban J connectivity index is 1.62. The number of nitrogens with zero attached hydrogens (tertiary/aromatic N) is 3. The van der Waals surface area contributed by atoms with Crippen LogP contribution in [-0.2, 0) is 0 Å². The molecule has 3 N–H and O–H groups in total. The van der Waals surface area contributed by atoms with Crippen LogP contribution in [0.25, 0.3) is 22.0 Å². The molecule has 0 spiro atoms. The molecule has 3 amide bonds. The predicted molar refractivity (Wildman–Crippen MR) is 120 cm³/mol. The summed E-state index contributed by atoms with van der Waals surface area (Å²) in [6.07, 6.45) is 13.7. The molecule has 2 heterocycles. The molecular formula is C23H22N6O2. The minimum atomic E-state index is -0.286. The molecule has 0 fully saturated rings. The van der Waals surface area contributed by atoms with Gasteiger partial charge >= 0.3 is 6.03 Å². The predicted octanol–water partition coefficient (Wildman–Crippen LogP) is 3.85. The van der Waals surface area contributed by atoms with Crippen LogP contribution in [0.4, 0.5) is 10.5 Å². The molecular weight excluding hydrogens is 392 g/mol. The van der Waals surface area contributed by atoms with Crippen LogP contribution in [0.15, 0.2) is 72.7 Å². The van der Waals surface area contributed by atoms with E-state index in [1.165, 1.54) is 4.90 Å². The number of nitrogens with one attached hydrogen (secondary N) is 3. The van der Waals surface area contributed by atoms with E-state index in [4.69, 9.17) is 0 Å². The van der Waals surface area contributed by atoms with Crippen LogP contribution in [-0.4, -0.2) is 46.1 Å². The van der Waals surface area contributed by atoms with Crippen LogP contribution in [0.5, 0.6) is 0 Å². The van der Waals surface area contributed by atoms with E-state index in [9.17, 15) is 9.59 Å². The number of aromatic amines is 1. The van der Waals surface area contributed by atoms with Crippen LogP contribution in [0.1, 0.15) is 16.9 Å². The maximum atomic E-state index is 12.8. The number of fused-ring (bicyclic) bond motifs is 1. The molecule has 0 unspecified atom stereocenters. The van der Waals surface area contributed by atoms with Crippen LogP contribution in [0.3, 0.4) is 0 Å². The average Bonchev–Trinajstić information content (AvgIpc) is 3.02. The lowest BCUT2D eigenvalue weighted by Gasteiger charge is -2.12. The maximum Gasteiger partial charge on any atom is 0.321 e. The minimum Gasteiger partial charge on any atom is -0.331 e. The summed E-state index contributed by atoms with van der Waals surface area (Å²) < 4.78 is 0. The quantitative estimate of drug-likeness (QED) is 0.603. The Kier molecular flexibility index (Phi) is 5.61. The number of urea groups is 1. The van der Waals surface area contributed by atoms with Gasteiger partial charge < -0.3 is 15.5 Å². The van der Waals surface area contributed by atoms with Crippen molar-refractivity contribution in [3.05, 3.63) is 78.4 Å². The van der Waals surface area contributed by atoms with Crippen LogP contribution in [0, 0.1) is 0 Å². The Labute approximate surface area is 179 Å². The lowest BCUT2D eigenvalue weighted by molar-refractivity contribution is 0.0963. The second kappa shape index (κ2) is 8.66. The third-order valence-electron chi connectivity index (χ3n) is 4.76. The molecule has 1 aromatic carbocycles. The highest BCUT2D eigenvalue weighted by Crippen LogP contribution is 2.27. The first kappa shape index (κ1) is 20.1. The van der Waals surface area contributed by atoms with E-state index in [0.717, 1.165) is 28.8 Å². The number of amides is 3. The van der Waals surface area contributed by atoms with E-state index < -0.39 is 0 Å². The Bertz CT molecular complexity index is 1240. The summed E-state index contributed by atoms with van der Waals surface area (Å²) in [6, 6.07) is 7.28. The summed E-state index contributed by atoms with van der Waals surface area (Å²) in [7, 11) is 3.34. The highest BCUT2D eigenvalue weighted by Gasteiger charge is 2.16. The number of carbonyl (C=O) groups excluding carboxylic acids is 2. The number of benzene rings is 1. The van der Waals surface area contributed by atoms with Gasteiger partial charge in [0.15, 0.2) is 5.69 Å². The summed E-state index contributed by atoms with van der Waals surface area (Å²) in [5.41, 5.74) is 4.05. The summed E-state index contributed by atoms with van der Waals surface area (Å²) >= 11 is 0. The van der Waals surface area contributed by atoms with Gasteiger partial charge in [-0.2, -0.15) is 5.10 Å². The summed E-state index contributed by atoms with van der Waals surface area (Å²) in [5, 5.41) is 13.5. The Morgan fingerprint density at radius 1 is 1.06 bits per heavy atom. The molecule has 0 radical (unpaired) electrons. The molecule has 156 valence electrons. The Hall–Kier alpha value is -4.20. The van der Waals surface area contributed by atoms with Crippen molar-refractivity contribution in [3.63, 3.8) is 0 Å².